The lowest BCUT2D eigenvalue weighted by Crippen LogP contribution is -2.10. The van der Waals surface area contributed by atoms with Crippen molar-refractivity contribution in [2.75, 3.05) is 31.3 Å². The number of hydrogen-bond acceptors (Lipinski definition) is 6. The van der Waals surface area contributed by atoms with E-state index in [9.17, 15) is 8.42 Å². The fourth-order valence-corrected chi connectivity index (χ4v) is 4.04. The SMILES string of the molecule is COCCNc1ncnc2ccc3c(c12)CCS3(=O)=O. The molecule has 0 unspecified atom stereocenters. The van der Waals surface area contributed by atoms with Crippen molar-refractivity contribution in [1.82, 2.24) is 9.97 Å². The second kappa shape index (κ2) is 4.99. The molecule has 0 bridgehead atoms. The van der Waals surface area contributed by atoms with Crippen LogP contribution < -0.4 is 5.32 Å². The number of aryl methyl sites for hydroxylation is 1. The van der Waals surface area contributed by atoms with Crippen LogP contribution in [0, 0.1) is 0 Å². The van der Waals surface area contributed by atoms with Gasteiger partial charge < -0.3 is 10.1 Å². The molecule has 2 heterocycles. The van der Waals surface area contributed by atoms with Gasteiger partial charge in [-0.3, -0.25) is 0 Å². The summed E-state index contributed by atoms with van der Waals surface area (Å²) in [5.41, 5.74) is 1.58. The lowest BCUT2D eigenvalue weighted by Gasteiger charge is -2.10. The summed E-state index contributed by atoms with van der Waals surface area (Å²) in [4.78, 5) is 8.86. The summed E-state index contributed by atoms with van der Waals surface area (Å²) in [6, 6.07) is 3.38. The van der Waals surface area contributed by atoms with Crippen LogP contribution in [0.3, 0.4) is 0 Å². The normalized spacial score (nSPS) is 16.2. The van der Waals surface area contributed by atoms with Gasteiger partial charge in [0.1, 0.15) is 12.1 Å². The largest absolute Gasteiger partial charge is 0.383 e. The van der Waals surface area contributed by atoms with Gasteiger partial charge in [-0.1, -0.05) is 0 Å². The topological polar surface area (TPSA) is 81.2 Å². The minimum Gasteiger partial charge on any atom is -0.383 e. The molecule has 1 N–H and O–H groups in total. The van der Waals surface area contributed by atoms with Crippen LogP contribution in [0.1, 0.15) is 5.56 Å². The molecule has 0 fully saturated rings. The number of rotatable bonds is 4. The molecule has 1 aliphatic rings. The highest BCUT2D eigenvalue weighted by atomic mass is 32.2. The monoisotopic (exact) mass is 293 g/mol. The molecule has 1 aromatic carbocycles. The van der Waals surface area contributed by atoms with Crippen LogP contribution in [0.4, 0.5) is 5.82 Å². The molecule has 0 radical (unpaired) electrons. The van der Waals surface area contributed by atoms with Crippen LogP contribution in [0.2, 0.25) is 0 Å². The second-order valence-electron chi connectivity index (χ2n) is 4.65. The predicted molar refractivity (Wildman–Crippen MR) is 75.7 cm³/mol. The fourth-order valence-electron chi connectivity index (χ4n) is 2.49. The predicted octanol–water partition coefficient (Wildman–Crippen LogP) is 1.02. The van der Waals surface area contributed by atoms with Gasteiger partial charge >= 0.3 is 0 Å². The van der Waals surface area contributed by atoms with E-state index < -0.39 is 9.84 Å². The molecule has 0 spiro atoms. The van der Waals surface area contributed by atoms with E-state index in [0.29, 0.717) is 30.3 Å². The summed E-state index contributed by atoms with van der Waals surface area (Å²) in [7, 11) is -1.52. The highest BCUT2D eigenvalue weighted by Crippen LogP contribution is 2.34. The lowest BCUT2D eigenvalue weighted by molar-refractivity contribution is 0.210. The molecule has 1 aromatic heterocycles. The van der Waals surface area contributed by atoms with Gasteiger partial charge in [0, 0.05) is 19.0 Å². The zero-order valence-electron chi connectivity index (χ0n) is 11.1. The minimum absolute atomic E-state index is 0.161. The van der Waals surface area contributed by atoms with Gasteiger partial charge in [0.25, 0.3) is 0 Å². The van der Waals surface area contributed by atoms with Gasteiger partial charge in [0.15, 0.2) is 9.84 Å². The number of nitrogens with zero attached hydrogens (tertiary/aromatic N) is 2. The zero-order valence-corrected chi connectivity index (χ0v) is 11.9. The van der Waals surface area contributed by atoms with Gasteiger partial charge in [-0.2, -0.15) is 0 Å². The standard InChI is InChI=1S/C13H15N3O3S/c1-19-6-5-14-13-12-9-4-7-20(17,18)11(9)3-2-10(12)15-8-16-13/h2-3,8H,4-7H2,1H3,(H,14,15,16). The Hall–Kier alpha value is -1.73. The average Bonchev–Trinajstić information content (AvgIpc) is 2.75. The first-order valence-electron chi connectivity index (χ1n) is 6.35. The number of nitrogens with one attached hydrogen (secondary N) is 1. The molecule has 0 saturated carbocycles. The number of anilines is 1. The number of methoxy groups -OCH3 is 1. The first kappa shape index (κ1) is 13.3. The molecular formula is C13H15N3O3S. The van der Waals surface area contributed by atoms with E-state index in [-0.39, 0.29) is 5.75 Å². The summed E-state index contributed by atoms with van der Waals surface area (Å²) in [6.45, 7) is 1.16. The molecule has 106 valence electrons. The Balaban J connectivity index is 2.15. The van der Waals surface area contributed by atoms with E-state index in [4.69, 9.17) is 4.74 Å². The van der Waals surface area contributed by atoms with E-state index >= 15 is 0 Å². The molecule has 0 saturated heterocycles. The Morgan fingerprint density at radius 1 is 1.35 bits per heavy atom. The summed E-state index contributed by atoms with van der Waals surface area (Å²) in [5, 5.41) is 3.98. The number of ether oxygens (including phenoxy) is 1. The molecule has 3 rings (SSSR count). The smallest absolute Gasteiger partial charge is 0.179 e. The second-order valence-corrected chi connectivity index (χ2v) is 6.72. The summed E-state index contributed by atoms with van der Waals surface area (Å²) in [5.74, 6) is 0.828. The van der Waals surface area contributed by atoms with Crippen molar-refractivity contribution in [3.05, 3.63) is 24.0 Å². The summed E-state index contributed by atoms with van der Waals surface area (Å²) < 4.78 is 29.0. The Bertz CT molecular complexity index is 759. The zero-order chi connectivity index (χ0) is 14.2. The third-order valence-electron chi connectivity index (χ3n) is 3.42. The number of hydrogen-bond donors (Lipinski definition) is 1. The van der Waals surface area contributed by atoms with E-state index in [2.05, 4.69) is 15.3 Å². The molecule has 20 heavy (non-hydrogen) atoms. The molecule has 6 nitrogen and oxygen atoms in total. The lowest BCUT2D eigenvalue weighted by atomic mass is 10.1. The number of fused-ring (bicyclic) bond motifs is 3. The molecule has 0 amide bonds. The number of sulfone groups is 1. The highest BCUT2D eigenvalue weighted by Gasteiger charge is 2.28. The van der Waals surface area contributed by atoms with Crippen LogP contribution >= 0.6 is 0 Å². The van der Waals surface area contributed by atoms with Gasteiger partial charge in [-0.25, -0.2) is 18.4 Å². The van der Waals surface area contributed by atoms with Crippen molar-refractivity contribution in [3.63, 3.8) is 0 Å². The van der Waals surface area contributed by atoms with E-state index in [1.165, 1.54) is 6.33 Å². The van der Waals surface area contributed by atoms with Gasteiger partial charge in [-0.15, -0.1) is 0 Å². The fraction of sp³-hybridized carbons (Fsp3) is 0.385. The Morgan fingerprint density at radius 3 is 3.00 bits per heavy atom. The van der Waals surface area contributed by atoms with Gasteiger partial charge in [0.05, 0.1) is 22.8 Å². The molecule has 7 heteroatoms. The minimum atomic E-state index is -3.15. The van der Waals surface area contributed by atoms with Crippen molar-refractivity contribution < 1.29 is 13.2 Å². The third-order valence-corrected chi connectivity index (χ3v) is 5.22. The Labute approximate surface area is 117 Å². The molecule has 0 aliphatic carbocycles. The van der Waals surface area contributed by atoms with Crippen LogP contribution in [0.25, 0.3) is 10.9 Å². The van der Waals surface area contributed by atoms with Crippen molar-refractivity contribution in [2.24, 2.45) is 0 Å². The van der Waals surface area contributed by atoms with Crippen molar-refractivity contribution in [2.45, 2.75) is 11.3 Å². The number of benzene rings is 1. The Kier molecular flexibility index (Phi) is 3.31. The van der Waals surface area contributed by atoms with Crippen molar-refractivity contribution in [1.29, 1.82) is 0 Å². The quantitative estimate of drug-likeness (QED) is 0.848. The van der Waals surface area contributed by atoms with Crippen LogP contribution in [-0.2, 0) is 21.0 Å². The molecule has 2 aromatic rings. The van der Waals surface area contributed by atoms with Crippen LogP contribution in [0.5, 0.6) is 0 Å². The highest BCUT2D eigenvalue weighted by molar-refractivity contribution is 7.91. The van der Waals surface area contributed by atoms with E-state index in [1.54, 1.807) is 19.2 Å². The molecule has 0 atom stereocenters. The first-order chi connectivity index (χ1) is 9.63. The average molecular weight is 293 g/mol. The summed E-state index contributed by atoms with van der Waals surface area (Å²) >= 11 is 0. The van der Waals surface area contributed by atoms with Gasteiger partial charge in [0.2, 0.25) is 0 Å². The van der Waals surface area contributed by atoms with Crippen LogP contribution in [-0.4, -0.2) is 44.4 Å². The summed E-state index contributed by atoms with van der Waals surface area (Å²) in [6.07, 6.45) is 1.99. The van der Waals surface area contributed by atoms with E-state index in [0.717, 1.165) is 16.5 Å². The first-order valence-corrected chi connectivity index (χ1v) is 8.01. The van der Waals surface area contributed by atoms with Crippen LogP contribution in [0.15, 0.2) is 23.4 Å². The molecular weight excluding hydrogens is 278 g/mol. The number of aromatic nitrogens is 2. The van der Waals surface area contributed by atoms with Crippen molar-refractivity contribution >= 4 is 26.6 Å². The Morgan fingerprint density at radius 2 is 2.20 bits per heavy atom. The molecule has 1 aliphatic heterocycles. The maximum absolute atomic E-state index is 12.0. The third kappa shape index (κ3) is 2.12. The van der Waals surface area contributed by atoms with Crippen molar-refractivity contribution in [3.8, 4) is 0 Å². The maximum Gasteiger partial charge on any atom is 0.179 e. The maximum atomic E-state index is 12.0. The van der Waals surface area contributed by atoms with Gasteiger partial charge in [-0.05, 0) is 24.1 Å². The van der Waals surface area contributed by atoms with E-state index in [1.807, 2.05) is 0 Å².